The Hall–Kier alpha value is -4.97. The van der Waals surface area contributed by atoms with Gasteiger partial charge in [0, 0.05) is 70.0 Å². The summed E-state index contributed by atoms with van der Waals surface area (Å²) < 4.78 is 29.8. The zero-order valence-electron chi connectivity index (χ0n) is 40.0. The molecular weight excluding hydrogens is 922 g/mol. The van der Waals surface area contributed by atoms with Gasteiger partial charge in [0.25, 0.3) is 0 Å². The third kappa shape index (κ3) is 5.82. The number of rotatable bonds is 3. The van der Waals surface area contributed by atoms with E-state index in [9.17, 15) is 0 Å². The first-order valence-electron chi connectivity index (χ1n) is 23.2. The van der Waals surface area contributed by atoms with Gasteiger partial charge in [-0.25, -0.2) is 0 Å². The molecule has 7 heteroatoms. The molecule has 0 spiro atoms. The summed E-state index contributed by atoms with van der Waals surface area (Å²) in [5, 5.41) is 2.59. The van der Waals surface area contributed by atoms with E-state index in [2.05, 4.69) is 167 Å². The van der Waals surface area contributed by atoms with Gasteiger partial charge in [0.1, 0.15) is 0 Å². The smallest absolute Gasteiger partial charge is 0.399 e. The molecule has 0 fully saturated rings. The molecule has 3 aromatic heterocycles. The van der Waals surface area contributed by atoms with E-state index in [0.29, 0.717) is 17.4 Å². The molecule has 5 nitrogen and oxygen atoms in total. The zero-order chi connectivity index (χ0) is 44.5. The Labute approximate surface area is 380 Å². The molecule has 1 unspecified atom stereocenters. The van der Waals surface area contributed by atoms with E-state index in [4.69, 9.17) is 9.10 Å². The molecule has 5 aromatic carbocycles. The minimum absolute atomic E-state index is 0. The van der Waals surface area contributed by atoms with Crippen molar-refractivity contribution in [1.82, 2.24) is 18.8 Å². The van der Waals surface area contributed by atoms with Gasteiger partial charge in [0.2, 0.25) is 0 Å². The summed E-state index contributed by atoms with van der Waals surface area (Å²) >= 11 is 0. The van der Waals surface area contributed by atoms with Crippen LogP contribution in [0.3, 0.4) is 0 Å². The minimum atomic E-state index is -2.23. The number of hydrogen-bond donors (Lipinski definition) is 0. The fourth-order valence-electron chi connectivity index (χ4n) is 11.1. The molecule has 5 heterocycles. The maximum Gasteiger partial charge on any atom is 0.399 e. The van der Waals surface area contributed by atoms with Crippen molar-refractivity contribution in [2.24, 2.45) is 0 Å². The first kappa shape index (κ1) is 37.8. The number of benzene rings is 5. The molecule has 0 saturated heterocycles. The van der Waals surface area contributed by atoms with Crippen molar-refractivity contribution in [3.63, 3.8) is 0 Å². The summed E-state index contributed by atoms with van der Waals surface area (Å²) in [6, 6.07) is 38.3. The van der Waals surface area contributed by atoms with Crippen LogP contribution in [0.15, 0.2) is 103 Å². The SMILES string of the molecule is CC(C)c1cccc(C(C)C)c1B1N(C)c2ccc[c-]c2-c2nccn21.[2H]C([2H])([2H])c1ccc2c3c1c1ccc[c-]c1c1nc4c(n13)C(C)(CCC(C)(C)c1ccccc1-4)C2(C)C.[Ir]. The van der Waals surface area contributed by atoms with Gasteiger partial charge in [-0.15, -0.1) is 53.9 Å². The molecule has 2 aliphatic heterocycles. The van der Waals surface area contributed by atoms with Crippen molar-refractivity contribution in [1.29, 1.82) is 0 Å². The van der Waals surface area contributed by atoms with Crippen LogP contribution in [0.25, 0.3) is 50.0 Å². The van der Waals surface area contributed by atoms with Crippen LogP contribution in [0.1, 0.15) is 125 Å². The maximum absolute atomic E-state index is 8.41. The minimum Gasteiger partial charge on any atom is -0.436 e. The van der Waals surface area contributed by atoms with Crippen LogP contribution >= 0.6 is 0 Å². The summed E-state index contributed by atoms with van der Waals surface area (Å²) in [5.74, 6) is 1.93. The fraction of sp³-hybridized carbons (Fsp3) is 0.333. The molecule has 0 saturated carbocycles. The number of imidazole rings is 2. The molecule has 8 aromatic rings. The van der Waals surface area contributed by atoms with Crippen LogP contribution in [0, 0.1) is 19.0 Å². The summed E-state index contributed by atoms with van der Waals surface area (Å²) in [4.78, 5) is 12.4. The Morgan fingerprint density at radius 2 is 1.52 bits per heavy atom. The third-order valence-electron chi connectivity index (χ3n) is 14.8. The van der Waals surface area contributed by atoms with Crippen molar-refractivity contribution in [3.05, 3.63) is 149 Å². The number of aryl methyl sites for hydroxylation is 1. The maximum atomic E-state index is 8.41. The first-order chi connectivity index (χ1) is 29.9. The Morgan fingerprint density at radius 1 is 0.803 bits per heavy atom. The van der Waals surface area contributed by atoms with Gasteiger partial charge in [-0.2, -0.15) is 0 Å². The number of anilines is 1. The molecule has 0 N–H and O–H groups in total. The van der Waals surface area contributed by atoms with Crippen LogP contribution in [-0.4, -0.2) is 32.9 Å². The topological polar surface area (TPSA) is 38.4 Å². The molecule has 0 amide bonds. The molecule has 3 aliphatic rings. The van der Waals surface area contributed by atoms with Gasteiger partial charge >= 0.3 is 6.98 Å². The molecule has 1 atom stereocenters. The monoisotopic (exact) mass is 981 g/mol. The van der Waals surface area contributed by atoms with Crippen LogP contribution < -0.4 is 10.3 Å². The largest absolute Gasteiger partial charge is 0.436 e. The molecule has 11 rings (SSSR count). The second-order valence-corrected chi connectivity index (χ2v) is 19.4. The van der Waals surface area contributed by atoms with Crippen molar-refractivity contribution in [3.8, 4) is 22.6 Å². The van der Waals surface area contributed by atoms with Crippen molar-refractivity contribution in [2.75, 3.05) is 11.9 Å². The number of nitrogens with zero attached hydrogens (tertiary/aromatic N) is 5. The predicted molar refractivity (Wildman–Crippen MR) is 252 cm³/mol. The van der Waals surface area contributed by atoms with E-state index in [1.807, 2.05) is 36.5 Å². The van der Waals surface area contributed by atoms with Gasteiger partial charge in [-0.1, -0.05) is 139 Å². The summed E-state index contributed by atoms with van der Waals surface area (Å²) in [5.41, 5.74) is 14.2. The zero-order valence-corrected chi connectivity index (χ0v) is 39.4. The molecule has 1 aliphatic carbocycles. The predicted octanol–water partition coefficient (Wildman–Crippen LogP) is 12.3. The van der Waals surface area contributed by atoms with Crippen LogP contribution in [0.4, 0.5) is 5.69 Å². The molecular formula is C54H56BIrN5-2. The quantitative estimate of drug-likeness (QED) is 0.101. The average Bonchev–Trinajstić information content (AvgIpc) is 3.91. The number of hydrogen-bond acceptors (Lipinski definition) is 3. The molecule has 0 bridgehead atoms. The Balaban J connectivity index is 0.000000170. The van der Waals surface area contributed by atoms with E-state index in [-0.39, 0.29) is 43.3 Å². The standard InChI is InChI=1S/C32H31N2.C22H25BN3.Ir/c1-19-15-16-24-27-25(19)20-11-7-8-12-21(20)29-33-26-22-13-9-10-14-23(22)30(2,3)17-18-32(6,31(24,4)5)28(26)34(27)29;1-15(2)17-10-8-11-18(16(3)4)21(17)23-25(5)20-12-7-6-9-19(20)22-24-13-14-26(22)23;/h7-11,13-16H,17-18H2,1-6H3;6-8,10-16H,1-5H3;/q2*-1;/i1D3;;. The molecule has 311 valence electrons. The Kier molecular flexibility index (Phi) is 9.02. The van der Waals surface area contributed by atoms with Crippen LogP contribution in [-0.2, 0) is 36.4 Å². The Morgan fingerprint density at radius 3 is 2.26 bits per heavy atom. The van der Waals surface area contributed by atoms with Crippen LogP contribution in [0.2, 0.25) is 0 Å². The van der Waals surface area contributed by atoms with Crippen molar-refractivity contribution < 1.29 is 24.2 Å². The van der Waals surface area contributed by atoms with Crippen molar-refractivity contribution >= 4 is 45.5 Å². The van der Waals surface area contributed by atoms with E-state index >= 15 is 0 Å². The summed E-state index contributed by atoms with van der Waals surface area (Å²) in [7, 11) is 2.18. The molecule has 1 radical (unpaired) electrons. The number of aromatic nitrogens is 4. The molecule has 61 heavy (non-hydrogen) atoms. The second-order valence-electron chi connectivity index (χ2n) is 19.4. The van der Waals surface area contributed by atoms with E-state index in [0.717, 1.165) is 57.2 Å². The van der Waals surface area contributed by atoms with E-state index < -0.39 is 6.85 Å². The van der Waals surface area contributed by atoms with Crippen LogP contribution in [0.5, 0.6) is 0 Å². The van der Waals surface area contributed by atoms with Crippen molar-refractivity contribution in [2.45, 2.75) is 110 Å². The van der Waals surface area contributed by atoms with E-state index in [1.54, 1.807) is 0 Å². The number of fused-ring (bicyclic) bond motifs is 8. The van der Waals surface area contributed by atoms with Gasteiger partial charge in [-0.3, -0.25) is 9.97 Å². The van der Waals surface area contributed by atoms with Gasteiger partial charge < -0.3 is 13.7 Å². The van der Waals surface area contributed by atoms with Gasteiger partial charge in [-0.05, 0) is 77.1 Å². The second kappa shape index (κ2) is 14.6. The van der Waals surface area contributed by atoms with Gasteiger partial charge in [0.15, 0.2) is 0 Å². The summed E-state index contributed by atoms with van der Waals surface area (Å²) in [6.07, 6.45) is 6.05. The Bertz CT molecular complexity index is 3110. The third-order valence-corrected chi connectivity index (χ3v) is 14.8. The average molecular weight is 981 g/mol. The van der Waals surface area contributed by atoms with E-state index in [1.165, 1.54) is 44.7 Å². The number of pyridine rings is 1. The first-order valence-corrected chi connectivity index (χ1v) is 21.7. The van der Waals surface area contributed by atoms with Gasteiger partial charge in [0.05, 0.1) is 11.3 Å². The fourth-order valence-corrected chi connectivity index (χ4v) is 11.1. The normalized spacial score (nSPS) is 19.0. The summed E-state index contributed by atoms with van der Waals surface area (Å²) in [6.45, 7) is 18.8.